The second-order valence-corrected chi connectivity index (χ2v) is 7.94. The number of thiazole rings is 1. The van der Waals surface area contributed by atoms with Crippen molar-refractivity contribution in [1.82, 2.24) is 10.3 Å². The van der Waals surface area contributed by atoms with E-state index < -0.39 is 0 Å². The maximum Gasteiger partial charge on any atom is 0.258 e. The summed E-state index contributed by atoms with van der Waals surface area (Å²) in [6.45, 7) is 2.43. The maximum absolute atomic E-state index is 12.3. The van der Waals surface area contributed by atoms with Crippen LogP contribution in [0.4, 0.5) is 0 Å². The van der Waals surface area contributed by atoms with E-state index in [0.717, 1.165) is 33.0 Å². The van der Waals surface area contributed by atoms with Gasteiger partial charge in [-0.3, -0.25) is 4.79 Å². The van der Waals surface area contributed by atoms with Crippen molar-refractivity contribution in [3.05, 3.63) is 94.8 Å². The Morgan fingerprint density at radius 1 is 0.933 bits per heavy atom. The monoisotopic (exact) mass is 414 g/mol. The summed E-state index contributed by atoms with van der Waals surface area (Å²) in [5.41, 5.74) is 5.13. The Labute approximate surface area is 180 Å². The first kappa shape index (κ1) is 19.9. The zero-order valence-corrected chi connectivity index (χ0v) is 17.5. The molecule has 1 aromatic heterocycles. The molecule has 150 valence electrons. The van der Waals surface area contributed by atoms with Crippen molar-refractivity contribution >= 4 is 17.2 Å². The van der Waals surface area contributed by atoms with E-state index >= 15 is 0 Å². The Morgan fingerprint density at radius 2 is 1.67 bits per heavy atom. The molecule has 4 rings (SSSR count). The largest absolute Gasteiger partial charge is 0.483 e. The first-order valence-corrected chi connectivity index (χ1v) is 10.6. The van der Waals surface area contributed by atoms with Crippen LogP contribution in [0, 0.1) is 6.92 Å². The van der Waals surface area contributed by atoms with Gasteiger partial charge in [0.15, 0.2) is 6.61 Å². The number of rotatable bonds is 7. The lowest BCUT2D eigenvalue weighted by atomic mass is 10.1. The number of hydrogen-bond acceptors (Lipinski definition) is 4. The van der Waals surface area contributed by atoms with E-state index in [-0.39, 0.29) is 12.5 Å². The summed E-state index contributed by atoms with van der Waals surface area (Å²) >= 11 is 1.64. The molecule has 5 heteroatoms. The van der Waals surface area contributed by atoms with E-state index in [9.17, 15) is 4.79 Å². The number of hydrogen-bond donors (Lipinski definition) is 1. The van der Waals surface area contributed by atoms with Crippen molar-refractivity contribution in [2.24, 2.45) is 0 Å². The number of carbonyl (C=O) groups excluding carboxylic acids is 1. The van der Waals surface area contributed by atoms with Gasteiger partial charge >= 0.3 is 0 Å². The Morgan fingerprint density at radius 3 is 2.40 bits per heavy atom. The molecule has 0 bridgehead atoms. The molecule has 4 nitrogen and oxygen atoms in total. The molecule has 1 amide bonds. The number of para-hydroxylation sites is 1. The molecule has 0 aliphatic carbocycles. The summed E-state index contributed by atoms with van der Waals surface area (Å²) in [5.74, 6) is 0.541. The van der Waals surface area contributed by atoms with Crippen LogP contribution in [0.1, 0.15) is 10.6 Å². The van der Waals surface area contributed by atoms with Gasteiger partial charge in [-0.25, -0.2) is 4.98 Å². The van der Waals surface area contributed by atoms with Crippen LogP contribution in [0.3, 0.4) is 0 Å². The average Bonchev–Trinajstić information content (AvgIpc) is 3.23. The first-order chi connectivity index (χ1) is 14.7. The number of nitrogens with one attached hydrogen (secondary N) is 1. The third-order valence-corrected chi connectivity index (χ3v) is 5.46. The number of aromatic nitrogens is 1. The highest BCUT2D eigenvalue weighted by Crippen LogP contribution is 2.29. The molecule has 0 fully saturated rings. The van der Waals surface area contributed by atoms with E-state index in [1.165, 1.54) is 0 Å². The summed E-state index contributed by atoms with van der Waals surface area (Å²) in [6, 6.07) is 25.8. The molecule has 0 saturated carbocycles. The van der Waals surface area contributed by atoms with Crippen molar-refractivity contribution in [2.45, 2.75) is 13.5 Å². The number of benzene rings is 3. The van der Waals surface area contributed by atoms with Crippen LogP contribution >= 0.6 is 11.3 Å². The SMILES string of the molecule is Cc1nc(-c2ccc(CNC(=O)COc3ccccc3-c3ccccc3)cc2)cs1. The number of ether oxygens (including phenoxy) is 1. The van der Waals surface area contributed by atoms with Crippen LogP contribution in [0.15, 0.2) is 84.2 Å². The molecule has 4 aromatic rings. The molecule has 0 aliphatic heterocycles. The highest BCUT2D eigenvalue weighted by molar-refractivity contribution is 7.09. The fourth-order valence-electron chi connectivity index (χ4n) is 3.13. The van der Waals surface area contributed by atoms with E-state index in [2.05, 4.69) is 15.7 Å². The minimum atomic E-state index is -0.155. The molecule has 0 unspecified atom stereocenters. The van der Waals surface area contributed by atoms with Gasteiger partial charge in [-0.2, -0.15) is 0 Å². The predicted octanol–water partition coefficient (Wildman–Crippen LogP) is 5.48. The van der Waals surface area contributed by atoms with Crippen molar-refractivity contribution in [3.63, 3.8) is 0 Å². The van der Waals surface area contributed by atoms with Crippen LogP contribution in [0.25, 0.3) is 22.4 Å². The molecule has 0 saturated heterocycles. The van der Waals surface area contributed by atoms with Gasteiger partial charge in [0, 0.05) is 23.1 Å². The number of aryl methyl sites for hydroxylation is 1. The molecule has 1 N–H and O–H groups in total. The van der Waals surface area contributed by atoms with Gasteiger partial charge in [-0.15, -0.1) is 11.3 Å². The summed E-state index contributed by atoms with van der Waals surface area (Å²) in [4.78, 5) is 16.8. The second kappa shape index (κ2) is 9.37. The first-order valence-electron chi connectivity index (χ1n) is 9.74. The van der Waals surface area contributed by atoms with Gasteiger partial charge in [0.1, 0.15) is 5.75 Å². The fourth-order valence-corrected chi connectivity index (χ4v) is 3.76. The Balaban J connectivity index is 1.32. The molecule has 0 atom stereocenters. The lowest BCUT2D eigenvalue weighted by molar-refractivity contribution is -0.123. The normalized spacial score (nSPS) is 10.6. The van der Waals surface area contributed by atoms with Crippen molar-refractivity contribution in [3.8, 4) is 28.1 Å². The highest BCUT2D eigenvalue weighted by Gasteiger charge is 2.08. The third-order valence-electron chi connectivity index (χ3n) is 4.69. The van der Waals surface area contributed by atoms with Gasteiger partial charge < -0.3 is 10.1 Å². The lowest BCUT2D eigenvalue weighted by Gasteiger charge is -2.12. The van der Waals surface area contributed by atoms with Crippen molar-refractivity contribution in [2.75, 3.05) is 6.61 Å². The Kier molecular flexibility index (Phi) is 6.20. The number of carbonyl (C=O) groups is 1. The maximum atomic E-state index is 12.3. The molecule has 30 heavy (non-hydrogen) atoms. The van der Waals surface area contributed by atoms with Gasteiger partial charge in [-0.05, 0) is 24.1 Å². The number of amides is 1. The summed E-state index contributed by atoms with van der Waals surface area (Å²) in [7, 11) is 0. The van der Waals surface area contributed by atoms with Gasteiger partial charge in [0.2, 0.25) is 0 Å². The zero-order valence-electron chi connectivity index (χ0n) is 16.7. The molecule has 0 spiro atoms. The molecule has 3 aromatic carbocycles. The van der Waals surface area contributed by atoms with E-state index in [4.69, 9.17) is 4.74 Å². The highest BCUT2D eigenvalue weighted by atomic mass is 32.1. The molecule has 0 radical (unpaired) electrons. The predicted molar refractivity (Wildman–Crippen MR) is 122 cm³/mol. The fraction of sp³-hybridized carbons (Fsp3) is 0.120. The van der Waals surface area contributed by atoms with Crippen molar-refractivity contribution in [1.29, 1.82) is 0 Å². The van der Waals surface area contributed by atoms with Crippen LogP contribution in [-0.4, -0.2) is 17.5 Å². The van der Waals surface area contributed by atoms with E-state index in [0.29, 0.717) is 12.3 Å². The van der Waals surface area contributed by atoms with Gasteiger partial charge in [-0.1, -0.05) is 72.8 Å². The topological polar surface area (TPSA) is 51.2 Å². The second-order valence-electron chi connectivity index (χ2n) is 6.88. The van der Waals surface area contributed by atoms with Crippen LogP contribution in [-0.2, 0) is 11.3 Å². The molecule has 0 aliphatic rings. The lowest BCUT2D eigenvalue weighted by Crippen LogP contribution is -2.28. The quantitative estimate of drug-likeness (QED) is 0.436. The van der Waals surface area contributed by atoms with E-state index in [1.807, 2.05) is 85.8 Å². The third kappa shape index (κ3) is 4.93. The minimum absolute atomic E-state index is 0.0277. The average molecular weight is 415 g/mol. The standard InChI is InChI=1S/C25H22N2O2S/c1-18-27-23(17-30-18)21-13-11-19(12-14-21)15-26-25(28)16-29-24-10-6-5-9-22(24)20-7-3-2-4-8-20/h2-14,17H,15-16H2,1H3,(H,26,28). The smallest absolute Gasteiger partial charge is 0.258 e. The number of nitrogens with zero attached hydrogens (tertiary/aromatic N) is 1. The molecular formula is C25H22N2O2S. The Bertz CT molecular complexity index is 1120. The van der Waals surface area contributed by atoms with Crippen molar-refractivity contribution < 1.29 is 9.53 Å². The summed E-state index contributed by atoms with van der Waals surface area (Å²) < 4.78 is 5.80. The van der Waals surface area contributed by atoms with Crippen LogP contribution in [0.5, 0.6) is 5.75 Å². The summed E-state index contributed by atoms with van der Waals surface area (Å²) in [6.07, 6.45) is 0. The van der Waals surface area contributed by atoms with Gasteiger partial charge in [0.25, 0.3) is 5.91 Å². The van der Waals surface area contributed by atoms with E-state index in [1.54, 1.807) is 11.3 Å². The van der Waals surface area contributed by atoms with Crippen LogP contribution in [0.2, 0.25) is 0 Å². The Hall–Kier alpha value is -3.44. The van der Waals surface area contributed by atoms with Gasteiger partial charge in [0.05, 0.1) is 10.7 Å². The zero-order chi connectivity index (χ0) is 20.8. The molecular weight excluding hydrogens is 392 g/mol. The molecule has 1 heterocycles. The van der Waals surface area contributed by atoms with Crippen LogP contribution < -0.4 is 10.1 Å². The minimum Gasteiger partial charge on any atom is -0.483 e. The summed E-state index contributed by atoms with van der Waals surface area (Å²) in [5, 5.41) is 6.02.